The van der Waals surface area contributed by atoms with Gasteiger partial charge >= 0.3 is 0 Å². The summed E-state index contributed by atoms with van der Waals surface area (Å²) in [7, 11) is 0. The Kier molecular flexibility index (Phi) is 5.27. The predicted molar refractivity (Wildman–Crippen MR) is 88.8 cm³/mol. The Morgan fingerprint density at radius 2 is 1.95 bits per heavy atom. The average Bonchev–Trinajstić information content (AvgIpc) is 2.43. The Bertz CT molecular complexity index is 488. The molecule has 2 rings (SSSR count). The van der Waals surface area contributed by atoms with E-state index in [0.29, 0.717) is 11.8 Å². The lowest BCUT2D eigenvalue weighted by molar-refractivity contribution is 0.0624. The van der Waals surface area contributed by atoms with Crippen molar-refractivity contribution in [2.75, 3.05) is 25.0 Å². The zero-order valence-corrected chi connectivity index (χ0v) is 13.8. The number of benzene rings is 1. The van der Waals surface area contributed by atoms with Crippen molar-refractivity contribution in [2.45, 2.75) is 40.5 Å². The van der Waals surface area contributed by atoms with E-state index in [1.165, 1.54) is 12.0 Å². The van der Waals surface area contributed by atoms with Gasteiger partial charge in [-0.05, 0) is 49.3 Å². The molecule has 3 heteroatoms. The van der Waals surface area contributed by atoms with Crippen LogP contribution >= 0.6 is 0 Å². The Labute approximate surface area is 128 Å². The molecule has 2 atom stereocenters. The van der Waals surface area contributed by atoms with Gasteiger partial charge < -0.3 is 10.2 Å². The van der Waals surface area contributed by atoms with Gasteiger partial charge in [-0.3, -0.25) is 4.79 Å². The van der Waals surface area contributed by atoms with Crippen molar-refractivity contribution in [3.8, 4) is 0 Å². The molecular formula is C18H28N2O. The molecule has 3 nitrogen and oxygen atoms in total. The van der Waals surface area contributed by atoms with Gasteiger partial charge in [-0.15, -0.1) is 0 Å². The SMILES string of the molecule is CCCNc1cc(C)ccc1C(=O)N1CC(C)CC(C)C1. The van der Waals surface area contributed by atoms with Gasteiger partial charge in [0, 0.05) is 25.3 Å². The first-order valence-electron chi connectivity index (χ1n) is 8.15. The summed E-state index contributed by atoms with van der Waals surface area (Å²) in [6.45, 7) is 11.3. The molecule has 1 fully saturated rings. The van der Waals surface area contributed by atoms with Crippen LogP contribution in [0.4, 0.5) is 5.69 Å². The van der Waals surface area contributed by atoms with Gasteiger partial charge in [0.1, 0.15) is 0 Å². The van der Waals surface area contributed by atoms with Crippen LogP contribution in [0.1, 0.15) is 49.5 Å². The number of amides is 1. The number of anilines is 1. The van der Waals surface area contributed by atoms with Crippen LogP contribution in [-0.2, 0) is 0 Å². The minimum atomic E-state index is 0.173. The van der Waals surface area contributed by atoms with Crippen LogP contribution < -0.4 is 5.32 Å². The zero-order valence-electron chi connectivity index (χ0n) is 13.8. The maximum absolute atomic E-state index is 12.9. The van der Waals surface area contributed by atoms with Crippen LogP contribution in [0.3, 0.4) is 0 Å². The number of likely N-dealkylation sites (tertiary alicyclic amines) is 1. The second-order valence-electron chi connectivity index (χ2n) is 6.63. The van der Waals surface area contributed by atoms with Crippen LogP contribution in [0.2, 0.25) is 0 Å². The van der Waals surface area contributed by atoms with E-state index >= 15 is 0 Å². The van der Waals surface area contributed by atoms with Gasteiger partial charge in [-0.1, -0.05) is 26.8 Å². The largest absolute Gasteiger partial charge is 0.384 e. The molecule has 0 spiro atoms. The molecule has 1 heterocycles. The van der Waals surface area contributed by atoms with Gasteiger partial charge in [0.15, 0.2) is 0 Å². The van der Waals surface area contributed by atoms with Crippen LogP contribution in [0.15, 0.2) is 18.2 Å². The smallest absolute Gasteiger partial charge is 0.255 e. The van der Waals surface area contributed by atoms with E-state index in [0.717, 1.165) is 37.3 Å². The maximum Gasteiger partial charge on any atom is 0.255 e. The first-order chi connectivity index (χ1) is 10.0. The predicted octanol–water partition coefficient (Wildman–Crippen LogP) is 3.94. The van der Waals surface area contributed by atoms with Crippen molar-refractivity contribution in [2.24, 2.45) is 11.8 Å². The highest BCUT2D eigenvalue weighted by atomic mass is 16.2. The Balaban J connectivity index is 2.21. The second-order valence-corrected chi connectivity index (χ2v) is 6.63. The van der Waals surface area contributed by atoms with Crippen LogP contribution in [0.5, 0.6) is 0 Å². The van der Waals surface area contributed by atoms with Crippen molar-refractivity contribution in [1.29, 1.82) is 0 Å². The van der Waals surface area contributed by atoms with E-state index in [-0.39, 0.29) is 5.91 Å². The number of carbonyl (C=O) groups is 1. The molecule has 1 saturated heterocycles. The molecule has 1 amide bonds. The maximum atomic E-state index is 12.9. The molecule has 0 aromatic heterocycles. The molecule has 0 bridgehead atoms. The molecule has 116 valence electrons. The highest BCUT2D eigenvalue weighted by molar-refractivity contribution is 5.99. The zero-order chi connectivity index (χ0) is 15.4. The number of hydrogen-bond donors (Lipinski definition) is 1. The molecule has 21 heavy (non-hydrogen) atoms. The van der Waals surface area contributed by atoms with Crippen LogP contribution in [0, 0.1) is 18.8 Å². The molecule has 1 aliphatic rings. The molecule has 0 aliphatic carbocycles. The monoisotopic (exact) mass is 288 g/mol. The second kappa shape index (κ2) is 6.97. The lowest BCUT2D eigenvalue weighted by Crippen LogP contribution is -2.42. The number of nitrogens with one attached hydrogen (secondary N) is 1. The van der Waals surface area contributed by atoms with Gasteiger partial charge in [0.25, 0.3) is 5.91 Å². The number of aryl methyl sites for hydroxylation is 1. The lowest BCUT2D eigenvalue weighted by Gasteiger charge is -2.35. The summed E-state index contributed by atoms with van der Waals surface area (Å²) >= 11 is 0. The Morgan fingerprint density at radius 1 is 1.29 bits per heavy atom. The average molecular weight is 288 g/mol. The first kappa shape index (κ1) is 15.9. The molecule has 0 radical (unpaired) electrons. The lowest BCUT2D eigenvalue weighted by atomic mass is 9.91. The first-order valence-corrected chi connectivity index (χ1v) is 8.15. The van der Waals surface area contributed by atoms with Gasteiger partial charge in [0.2, 0.25) is 0 Å². The van der Waals surface area contributed by atoms with Gasteiger partial charge in [-0.2, -0.15) is 0 Å². The molecular weight excluding hydrogens is 260 g/mol. The number of carbonyl (C=O) groups excluding carboxylic acids is 1. The molecule has 2 unspecified atom stereocenters. The van der Waals surface area contributed by atoms with E-state index in [1.54, 1.807) is 0 Å². The summed E-state index contributed by atoms with van der Waals surface area (Å²) < 4.78 is 0. The fourth-order valence-corrected chi connectivity index (χ4v) is 3.25. The normalized spacial score (nSPS) is 22.2. The van der Waals surface area contributed by atoms with E-state index in [4.69, 9.17) is 0 Å². The fraction of sp³-hybridized carbons (Fsp3) is 0.611. The highest BCUT2D eigenvalue weighted by Gasteiger charge is 2.27. The third-order valence-electron chi connectivity index (χ3n) is 4.13. The minimum absolute atomic E-state index is 0.173. The quantitative estimate of drug-likeness (QED) is 0.910. The van der Waals surface area contributed by atoms with Crippen molar-refractivity contribution in [3.05, 3.63) is 29.3 Å². The highest BCUT2D eigenvalue weighted by Crippen LogP contribution is 2.25. The Hall–Kier alpha value is -1.51. The molecule has 1 aliphatic heterocycles. The molecule has 0 saturated carbocycles. The summed E-state index contributed by atoms with van der Waals surface area (Å²) in [5, 5.41) is 3.40. The summed E-state index contributed by atoms with van der Waals surface area (Å²) in [6.07, 6.45) is 2.28. The topological polar surface area (TPSA) is 32.3 Å². The Morgan fingerprint density at radius 3 is 2.57 bits per heavy atom. The van der Waals surface area contributed by atoms with E-state index in [2.05, 4.69) is 39.1 Å². The summed E-state index contributed by atoms with van der Waals surface area (Å²) in [5.74, 6) is 1.36. The number of piperidine rings is 1. The van der Waals surface area contributed by atoms with Crippen LogP contribution in [0.25, 0.3) is 0 Å². The molecule has 1 aromatic carbocycles. The number of nitrogens with zero attached hydrogens (tertiary/aromatic N) is 1. The van der Waals surface area contributed by atoms with Crippen molar-refractivity contribution < 1.29 is 4.79 Å². The fourth-order valence-electron chi connectivity index (χ4n) is 3.25. The van der Waals surface area contributed by atoms with Gasteiger partial charge in [0.05, 0.1) is 5.56 Å². The standard InChI is InChI=1S/C18H28N2O/c1-5-8-19-17-10-13(2)6-7-16(17)18(21)20-11-14(3)9-15(4)12-20/h6-7,10,14-15,19H,5,8-9,11-12H2,1-4H3. The summed E-state index contributed by atoms with van der Waals surface area (Å²) in [5.41, 5.74) is 2.98. The number of rotatable bonds is 4. The van der Waals surface area contributed by atoms with E-state index < -0.39 is 0 Å². The van der Waals surface area contributed by atoms with Crippen LogP contribution in [-0.4, -0.2) is 30.4 Å². The molecule has 1 aromatic rings. The van der Waals surface area contributed by atoms with Crippen molar-refractivity contribution >= 4 is 11.6 Å². The van der Waals surface area contributed by atoms with E-state index in [1.807, 2.05) is 17.0 Å². The van der Waals surface area contributed by atoms with Crippen molar-refractivity contribution in [3.63, 3.8) is 0 Å². The number of hydrogen-bond acceptors (Lipinski definition) is 2. The summed E-state index contributed by atoms with van der Waals surface area (Å²) in [4.78, 5) is 14.9. The summed E-state index contributed by atoms with van der Waals surface area (Å²) in [6, 6.07) is 6.08. The van der Waals surface area contributed by atoms with Crippen molar-refractivity contribution in [1.82, 2.24) is 4.90 Å². The van der Waals surface area contributed by atoms with E-state index in [9.17, 15) is 4.79 Å². The third kappa shape index (κ3) is 3.99. The minimum Gasteiger partial charge on any atom is -0.384 e. The molecule has 1 N–H and O–H groups in total. The third-order valence-corrected chi connectivity index (χ3v) is 4.13. The van der Waals surface area contributed by atoms with Gasteiger partial charge in [-0.25, -0.2) is 0 Å².